The fourth-order valence-corrected chi connectivity index (χ4v) is 28.7. The summed E-state index contributed by atoms with van der Waals surface area (Å²) >= 11 is 2.60. The van der Waals surface area contributed by atoms with Crippen LogP contribution in [-0.2, 0) is 0 Å². The Morgan fingerprint density at radius 1 is 0.857 bits per heavy atom. The molecule has 0 aromatic heterocycles. The van der Waals surface area contributed by atoms with E-state index in [1.54, 1.807) is 12.7 Å². The summed E-state index contributed by atoms with van der Waals surface area (Å²) in [7, 11) is -4.26. The van der Waals surface area contributed by atoms with Crippen LogP contribution in [0.5, 0.6) is 0 Å². The Bertz CT molecular complexity index is 726. The molecule has 0 aliphatic carbocycles. The van der Waals surface area contributed by atoms with Crippen LogP contribution in [0.3, 0.4) is 0 Å². The third-order valence-electron chi connectivity index (χ3n) is 4.97. The van der Waals surface area contributed by atoms with Crippen molar-refractivity contribution in [2.75, 3.05) is 0 Å². The van der Waals surface area contributed by atoms with Gasteiger partial charge in [0.25, 0.3) is 0 Å². The second-order valence-electron chi connectivity index (χ2n) is 7.80. The summed E-state index contributed by atoms with van der Waals surface area (Å²) < 4.78 is 5.00. The van der Waals surface area contributed by atoms with Crippen molar-refractivity contribution >= 4 is 48.6 Å². The number of fused-ring (bicyclic) bond motifs is 1. The normalized spacial score (nSPS) is 21.0. The van der Waals surface area contributed by atoms with Crippen LogP contribution in [0.4, 0.5) is 0 Å². The first-order valence-electron chi connectivity index (χ1n) is 7.63. The third kappa shape index (κ3) is 2.18. The fourth-order valence-electron chi connectivity index (χ4n) is 4.07. The van der Waals surface area contributed by atoms with Crippen molar-refractivity contribution < 1.29 is 0 Å². The van der Waals surface area contributed by atoms with Crippen LogP contribution in [0, 0.1) is 0 Å². The van der Waals surface area contributed by atoms with E-state index in [4.69, 9.17) is 0 Å². The predicted molar refractivity (Wildman–Crippen MR) is 101 cm³/mol. The molecule has 21 heavy (non-hydrogen) atoms. The van der Waals surface area contributed by atoms with Crippen LogP contribution in [0.25, 0.3) is 6.08 Å². The molecule has 0 nitrogen and oxygen atoms in total. The molecule has 0 saturated heterocycles. The van der Waals surface area contributed by atoms with Gasteiger partial charge in [-0.15, -0.1) is 0 Å². The molecule has 3 heteroatoms. The Hall–Kier alpha value is -0.447. The van der Waals surface area contributed by atoms with E-state index in [2.05, 4.69) is 102 Å². The molecule has 2 aromatic carbocycles. The molecule has 0 spiro atoms. The van der Waals surface area contributed by atoms with E-state index in [-0.39, 0.29) is 0 Å². The summed E-state index contributed by atoms with van der Waals surface area (Å²) in [4.78, 5) is 0. The van der Waals surface area contributed by atoms with Gasteiger partial charge in [-0.3, -0.25) is 0 Å². The zero-order valence-corrected chi connectivity index (χ0v) is 16.6. The molecular formula is C18H22AsLiSi. The fraction of sp³-hybridized carbons (Fsp3) is 0.222. The minimum absolute atomic E-state index is 1.37. The van der Waals surface area contributed by atoms with E-state index in [1.165, 1.54) is 5.56 Å². The molecule has 3 rings (SSSR count). The van der Waals surface area contributed by atoms with Crippen molar-refractivity contribution in [2.24, 2.45) is 0 Å². The van der Waals surface area contributed by atoms with E-state index in [0.29, 0.717) is 0 Å². The molecule has 0 radical (unpaired) electrons. The van der Waals surface area contributed by atoms with Gasteiger partial charge in [-0.1, -0.05) is 0 Å². The van der Waals surface area contributed by atoms with Gasteiger partial charge in [-0.2, -0.15) is 0 Å². The molecule has 0 atom stereocenters. The van der Waals surface area contributed by atoms with Gasteiger partial charge in [-0.05, 0) is 0 Å². The summed E-state index contributed by atoms with van der Waals surface area (Å²) in [5, 5.41) is 0. The molecule has 0 saturated carbocycles. The molecule has 1 aliphatic rings. The second kappa shape index (κ2) is 4.77. The SMILES string of the molecule is [Li][As]1(C)(c2ccccc2)C([Si](C)(C)C)=Cc2ccccc21. The van der Waals surface area contributed by atoms with Crippen LogP contribution >= 0.6 is 0 Å². The zero-order valence-electron chi connectivity index (χ0n) is 13.7. The van der Waals surface area contributed by atoms with Crippen molar-refractivity contribution in [2.45, 2.75) is 25.4 Å². The predicted octanol–water partition coefficient (Wildman–Crippen LogP) is 3.31. The first kappa shape index (κ1) is 15.4. The summed E-state index contributed by atoms with van der Waals surface area (Å²) in [6, 6.07) is 20.4. The molecule has 1 aliphatic heterocycles. The van der Waals surface area contributed by atoms with E-state index < -0.39 is 18.3 Å². The van der Waals surface area contributed by atoms with Crippen molar-refractivity contribution in [3.05, 3.63) is 64.1 Å². The van der Waals surface area contributed by atoms with Crippen molar-refractivity contribution in [1.82, 2.24) is 0 Å². The average molecular weight is 348 g/mol. The topological polar surface area (TPSA) is 0 Å². The molecule has 0 unspecified atom stereocenters. The van der Waals surface area contributed by atoms with E-state index >= 15 is 0 Å². The molecule has 2 aromatic rings. The first-order chi connectivity index (χ1) is 9.74. The maximum atomic E-state index is 2.60. The molecule has 1 heterocycles. The van der Waals surface area contributed by atoms with E-state index in [1.807, 2.05) is 0 Å². The van der Waals surface area contributed by atoms with Crippen LogP contribution in [0.2, 0.25) is 25.4 Å². The minimum atomic E-state index is -2.89. The van der Waals surface area contributed by atoms with Crippen molar-refractivity contribution in [1.29, 1.82) is 0 Å². The van der Waals surface area contributed by atoms with Gasteiger partial charge in [0.05, 0.1) is 0 Å². The Morgan fingerprint density at radius 2 is 1.43 bits per heavy atom. The van der Waals surface area contributed by atoms with Crippen molar-refractivity contribution in [3.8, 4) is 0 Å². The molecule has 0 amide bonds. The van der Waals surface area contributed by atoms with Crippen molar-refractivity contribution in [3.63, 3.8) is 0 Å². The molecule has 104 valence electrons. The zero-order chi connectivity index (χ0) is 15.3. The summed E-state index contributed by atoms with van der Waals surface area (Å²) in [6.07, 6.45) is 2.54. The average Bonchev–Trinajstić information content (AvgIpc) is 2.71. The number of rotatable bonds is 2. The van der Waals surface area contributed by atoms with Crippen LogP contribution < -0.4 is 8.70 Å². The molecule has 0 bridgehead atoms. The number of hydrogen-bond donors (Lipinski definition) is 0. The van der Waals surface area contributed by atoms with Gasteiger partial charge in [0.1, 0.15) is 0 Å². The molecule has 0 N–H and O–H groups in total. The van der Waals surface area contributed by atoms with Gasteiger partial charge >= 0.3 is 138 Å². The maximum absolute atomic E-state index is 2.89. The van der Waals surface area contributed by atoms with Gasteiger partial charge in [0, 0.05) is 0 Å². The number of hydrogen-bond acceptors (Lipinski definition) is 0. The van der Waals surface area contributed by atoms with Crippen LogP contribution in [0.1, 0.15) is 5.56 Å². The van der Waals surface area contributed by atoms with Gasteiger partial charge in [0.15, 0.2) is 0 Å². The Kier molecular flexibility index (Phi) is 3.51. The van der Waals surface area contributed by atoms with Gasteiger partial charge < -0.3 is 0 Å². The second-order valence-corrected chi connectivity index (χ2v) is 25.8. The van der Waals surface area contributed by atoms with Crippen LogP contribution in [0.15, 0.2) is 58.6 Å². The van der Waals surface area contributed by atoms with Gasteiger partial charge in [-0.25, -0.2) is 0 Å². The summed E-state index contributed by atoms with van der Waals surface area (Å²) in [6.45, 7) is 7.50. The first-order valence-corrected chi connectivity index (χ1v) is 17.7. The summed E-state index contributed by atoms with van der Waals surface area (Å²) in [5.74, 6) is 0. The quantitative estimate of drug-likeness (QED) is 0.731. The Morgan fingerprint density at radius 3 is 2.05 bits per heavy atom. The molecule has 0 fully saturated rings. The monoisotopic (exact) mass is 348 g/mol. The van der Waals surface area contributed by atoms with E-state index in [9.17, 15) is 0 Å². The van der Waals surface area contributed by atoms with E-state index in [0.717, 1.165) is 0 Å². The van der Waals surface area contributed by atoms with Gasteiger partial charge in [0.2, 0.25) is 0 Å². The Balaban J connectivity index is 2.40. The summed E-state index contributed by atoms with van der Waals surface area (Å²) in [5.41, 5.74) is 4.07. The third-order valence-corrected chi connectivity index (χ3v) is 25.4. The number of benzene rings is 2. The van der Waals surface area contributed by atoms with Crippen LogP contribution in [-0.4, -0.2) is 33.9 Å². The standard InChI is InChI=1S/C18H22AsSi.Li/c1-19(16-11-6-5-7-12-16)17-13-9-8-10-15(17)14-18(19)20(2,3)4;/h5-14H,1-4H3;/q+1;-1. The Labute approximate surface area is 137 Å². The molecular weight excluding hydrogens is 326 g/mol.